The Hall–Kier alpha value is -3.47. The van der Waals surface area contributed by atoms with Crippen molar-refractivity contribution in [3.05, 3.63) is 41.2 Å². The summed E-state index contributed by atoms with van der Waals surface area (Å²) in [6.07, 6.45) is 1.21. The van der Waals surface area contributed by atoms with Crippen molar-refractivity contribution in [1.82, 2.24) is 0 Å². The molecule has 0 radical (unpaired) electrons. The number of carbonyl (C=O) groups excluding carboxylic acids is 3. The van der Waals surface area contributed by atoms with Crippen LogP contribution in [0.3, 0.4) is 0 Å². The molecule has 2 unspecified atom stereocenters. The largest absolute Gasteiger partial charge is 0.468 e. The molecule has 0 saturated heterocycles. The number of ether oxygens (including phenoxy) is 2. The number of methoxy groups -OCH3 is 1. The molecular weight excluding hydrogens is 362 g/mol. The van der Waals surface area contributed by atoms with Crippen LogP contribution in [0.2, 0.25) is 0 Å². The highest BCUT2D eigenvalue weighted by atomic mass is 16.5. The van der Waals surface area contributed by atoms with Gasteiger partial charge in [-0.3, -0.25) is 24.7 Å². The van der Waals surface area contributed by atoms with Crippen LogP contribution in [0.5, 0.6) is 0 Å². The smallest absolute Gasteiger partial charge is 0.325 e. The number of nitriles is 1. The van der Waals surface area contributed by atoms with Gasteiger partial charge in [0.2, 0.25) is 11.8 Å². The Morgan fingerprint density at radius 3 is 2.86 bits per heavy atom. The molecule has 8 nitrogen and oxygen atoms in total. The van der Waals surface area contributed by atoms with Gasteiger partial charge in [0.05, 0.1) is 18.8 Å². The molecule has 4 rings (SSSR count). The van der Waals surface area contributed by atoms with E-state index in [4.69, 9.17) is 14.9 Å². The summed E-state index contributed by atoms with van der Waals surface area (Å²) < 4.78 is 10.2. The van der Waals surface area contributed by atoms with Gasteiger partial charge in [-0.1, -0.05) is 18.2 Å². The first-order valence-electron chi connectivity index (χ1n) is 8.87. The Labute approximate surface area is 160 Å². The minimum Gasteiger partial charge on any atom is -0.468 e. The summed E-state index contributed by atoms with van der Waals surface area (Å²) in [5, 5.41) is 18.1. The maximum Gasteiger partial charge on any atom is 0.325 e. The molecule has 0 saturated carbocycles. The molecule has 1 aliphatic carbocycles. The third-order valence-electron chi connectivity index (χ3n) is 5.53. The summed E-state index contributed by atoms with van der Waals surface area (Å²) in [5.41, 5.74) is -0.669. The summed E-state index contributed by atoms with van der Waals surface area (Å²) in [5.74, 6) is -2.86. The van der Waals surface area contributed by atoms with Crippen LogP contribution in [0.1, 0.15) is 24.8 Å². The van der Waals surface area contributed by atoms with Crippen LogP contribution in [0.25, 0.3) is 0 Å². The fourth-order valence-electron chi connectivity index (χ4n) is 4.40. The van der Waals surface area contributed by atoms with Gasteiger partial charge in [0.1, 0.15) is 23.6 Å². The van der Waals surface area contributed by atoms with Crippen molar-refractivity contribution in [3.8, 4) is 6.07 Å². The lowest BCUT2D eigenvalue weighted by Gasteiger charge is -2.40. The fraction of sp³-hybridized carbons (Fsp3) is 0.350. The number of para-hydroxylation sites is 1. The Kier molecular flexibility index (Phi) is 4.03. The normalized spacial score (nSPS) is 25.9. The Bertz CT molecular complexity index is 1010. The molecule has 1 aromatic rings. The van der Waals surface area contributed by atoms with Gasteiger partial charge in [-0.2, -0.15) is 5.26 Å². The van der Waals surface area contributed by atoms with E-state index in [1.807, 2.05) is 6.07 Å². The molecule has 2 atom stereocenters. The first kappa shape index (κ1) is 17.9. The maximum absolute atomic E-state index is 13.7. The molecule has 8 heteroatoms. The van der Waals surface area contributed by atoms with E-state index in [2.05, 4.69) is 0 Å². The number of allylic oxidation sites excluding steroid dienone is 1. The average Bonchev–Trinajstić information content (AvgIpc) is 2.92. The van der Waals surface area contributed by atoms with Crippen LogP contribution in [-0.2, 0) is 29.3 Å². The molecule has 2 heterocycles. The summed E-state index contributed by atoms with van der Waals surface area (Å²) >= 11 is 0. The van der Waals surface area contributed by atoms with Crippen LogP contribution in [-0.4, -0.2) is 37.2 Å². The maximum atomic E-state index is 13.7. The number of rotatable bonds is 2. The van der Waals surface area contributed by atoms with Gasteiger partial charge in [0, 0.05) is 18.5 Å². The van der Waals surface area contributed by atoms with E-state index < -0.39 is 23.2 Å². The van der Waals surface area contributed by atoms with Crippen molar-refractivity contribution in [1.29, 1.82) is 10.7 Å². The lowest BCUT2D eigenvalue weighted by Crippen LogP contribution is -2.55. The predicted molar refractivity (Wildman–Crippen MR) is 96.3 cm³/mol. The monoisotopic (exact) mass is 379 g/mol. The molecule has 1 amide bonds. The van der Waals surface area contributed by atoms with Gasteiger partial charge >= 0.3 is 5.97 Å². The number of hydrogen-bond donors (Lipinski definition) is 1. The van der Waals surface area contributed by atoms with Gasteiger partial charge in [0.15, 0.2) is 5.78 Å². The van der Waals surface area contributed by atoms with Crippen molar-refractivity contribution >= 4 is 29.2 Å². The number of nitrogens with zero attached hydrogens (tertiary/aromatic N) is 2. The lowest BCUT2D eigenvalue weighted by atomic mass is 9.62. The highest BCUT2D eigenvalue weighted by Crippen LogP contribution is 2.55. The number of amides is 1. The van der Waals surface area contributed by atoms with Gasteiger partial charge in [-0.05, 0) is 18.1 Å². The zero-order valence-electron chi connectivity index (χ0n) is 15.2. The van der Waals surface area contributed by atoms with Crippen molar-refractivity contribution in [2.24, 2.45) is 5.92 Å². The van der Waals surface area contributed by atoms with E-state index in [-0.39, 0.29) is 36.0 Å². The van der Waals surface area contributed by atoms with Crippen LogP contribution >= 0.6 is 0 Å². The molecule has 28 heavy (non-hydrogen) atoms. The second-order valence-electron chi connectivity index (χ2n) is 6.90. The van der Waals surface area contributed by atoms with Crippen molar-refractivity contribution in [3.63, 3.8) is 0 Å². The van der Waals surface area contributed by atoms with Gasteiger partial charge < -0.3 is 9.47 Å². The van der Waals surface area contributed by atoms with Crippen LogP contribution in [0.15, 0.2) is 35.6 Å². The van der Waals surface area contributed by atoms with E-state index in [1.54, 1.807) is 24.3 Å². The van der Waals surface area contributed by atoms with Gasteiger partial charge in [-0.25, -0.2) is 0 Å². The van der Waals surface area contributed by atoms with E-state index in [1.165, 1.54) is 12.0 Å². The molecule has 1 spiro atoms. The molecule has 0 bridgehead atoms. The number of ketones is 1. The minimum atomic E-state index is -1.68. The molecule has 0 fully saturated rings. The number of nitrogens with one attached hydrogen (secondary N) is 1. The first-order valence-corrected chi connectivity index (χ1v) is 8.87. The quantitative estimate of drug-likeness (QED) is 0.779. The fourth-order valence-corrected chi connectivity index (χ4v) is 4.40. The number of benzene rings is 1. The Balaban J connectivity index is 2.03. The molecule has 142 valence electrons. The van der Waals surface area contributed by atoms with Crippen molar-refractivity contribution < 1.29 is 23.9 Å². The molecule has 0 aromatic heterocycles. The number of fused-ring (bicyclic) bond motifs is 3. The van der Waals surface area contributed by atoms with Gasteiger partial charge in [-0.15, -0.1) is 0 Å². The molecular formula is C20H17N3O5. The molecule has 1 aromatic carbocycles. The second kappa shape index (κ2) is 6.30. The zero-order valence-corrected chi connectivity index (χ0v) is 15.2. The number of Topliss-reactive ketones (excluding diaryl/α,β-unsaturated/α-hetero) is 1. The number of hydrogen-bond acceptors (Lipinski definition) is 7. The van der Waals surface area contributed by atoms with Gasteiger partial charge in [0.25, 0.3) is 0 Å². The summed E-state index contributed by atoms with van der Waals surface area (Å²) in [7, 11) is 1.22. The lowest BCUT2D eigenvalue weighted by molar-refractivity contribution is -0.140. The topological polar surface area (TPSA) is 121 Å². The highest BCUT2D eigenvalue weighted by Gasteiger charge is 2.64. The summed E-state index contributed by atoms with van der Waals surface area (Å²) in [6, 6.07) is 8.74. The molecule has 1 N–H and O–H groups in total. The predicted octanol–water partition coefficient (Wildman–Crippen LogP) is 1.60. The minimum absolute atomic E-state index is 0.145. The average molecular weight is 379 g/mol. The van der Waals surface area contributed by atoms with Crippen molar-refractivity contribution in [2.75, 3.05) is 18.6 Å². The van der Waals surface area contributed by atoms with E-state index in [9.17, 15) is 19.6 Å². The van der Waals surface area contributed by atoms with Crippen LogP contribution in [0, 0.1) is 22.7 Å². The second-order valence-corrected chi connectivity index (χ2v) is 6.90. The number of esters is 1. The summed E-state index contributed by atoms with van der Waals surface area (Å²) in [4.78, 5) is 39.8. The first-order chi connectivity index (χ1) is 13.5. The van der Waals surface area contributed by atoms with E-state index in [0.717, 1.165) is 0 Å². The zero-order chi connectivity index (χ0) is 20.1. The third-order valence-corrected chi connectivity index (χ3v) is 5.53. The van der Waals surface area contributed by atoms with Crippen LogP contribution < -0.4 is 4.90 Å². The standard InChI is InChI=1S/C20H17N3O5/c1-27-16(25)10-23-13-6-3-2-5-11(13)20(19(23)26)12(9-21)18(22)28-15-8-4-7-14(24)17(15)20/h2-3,5-6,12,22H,4,7-8,10H2,1H3. The molecule has 2 aliphatic heterocycles. The van der Waals surface area contributed by atoms with E-state index in [0.29, 0.717) is 24.1 Å². The SMILES string of the molecule is COC(=O)CN1C(=O)C2(C3=C(CCCC3=O)OC(=N)C2C#N)c2ccccc21. The summed E-state index contributed by atoms with van der Waals surface area (Å²) in [6.45, 7) is -0.350. The number of anilines is 1. The van der Waals surface area contributed by atoms with Crippen LogP contribution in [0.4, 0.5) is 5.69 Å². The Morgan fingerprint density at radius 2 is 2.14 bits per heavy atom. The molecule has 3 aliphatic rings. The Morgan fingerprint density at radius 1 is 1.39 bits per heavy atom. The van der Waals surface area contributed by atoms with E-state index >= 15 is 0 Å². The van der Waals surface area contributed by atoms with Crippen molar-refractivity contribution in [2.45, 2.75) is 24.7 Å². The number of carbonyl (C=O) groups is 3. The third kappa shape index (κ3) is 2.16. The highest BCUT2D eigenvalue weighted by molar-refractivity contribution is 6.21.